The zero-order valence-electron chi connectivity index (χ0n) is 10.1. The summed E-state index contributed by atoms with van der Waals surface area (Å²) in [6, 6.07) is 9.83. The van der Waals surface area contributed by atoms with Crippen LogP contribution in [0.4, 0.5) is 0 Å². The SMILES string of the molecule is O=C(c1csc(I)c1)N1CCOc2ccccc2C1. The van der Waals surface area contributed by atoms with Gasteiger partial charge in [-0.05, 0) is 34.7 Å². The summed E-state index contributed by atoms with van der Waals surface area (Å²) in [5, 5.41) is 1.92. The molecule has 3 rings (SSSR count). The maximum Gasteiger partial charge on any atom is 0.255 e. The van der Waals surface area contributed by atoms with Gasteiger partial charge >= 0.3 is 0 Å². The van der Waals surface area contributed by atoms with E-state index >= 15 is 0 Å². The molecule has 0 spiro atoms. The predicted octanol–water partition coefficient (Wildman–Crippen LogP) is 3.39. The number of hydrogen-bond acceptors (Lipinski definition) is 3. The summed E-state index contributed by atoms with van der Waals surface area (Å²) < 4.78 is 6.81. The lowest BCUT2D eigenvalue weighted by atomic mass is 10.2. The van der Waals surface area contributed by atoms with Crippen molar-refractivity contribution in [2.24, 2.45) is 0 Å². The van der Waals surface area contributed by atoms with Crippen molar-refractivity contribution < 1.29 is 9.53 Å². The van der Waals surface area contributed by atoms with Gasteiger partial charge in [-0.1, -0.05) is 18.2 Å². The Kier molecular flexibility index (Phi) is 3.74. The van der Waals surface area contributed by atoms with Gasteiger partial charge in [-0.2, -0.15) is 0 Å². The summed E-state index contributed by atoms with van der Waals surface area (Å²) in [5.74, 6) is 0.970. The molecule has 3 nitrogen and oxygen atoms in total. The number of fused-ring (bicyclic) bond motifs is 1. The van der Waals surface area contributed by atoms with Crippen LogP contribution in [0.3, 0.4) is 0 Å². The molecule has 19 heavy (non-hydrogen) atoms. The first-order valence-electron chi connectivity index (χ1n) is 5.98. The lowest BCUT2D eigenvalue weighted by Gasteiger charge is -2.19. The molecule has 0 unspecified atom stereocenters. The molecule has 0 N–H and O–H groups in total. The highest BCUT2D eigenvalue weighted by atomic mass is 127. The smallest absolute Gasteiger partial charge is 0.255 e. The average molecular weight is 385 g/mol. The van der Waals surface area contributed by atoms with Gasteiger partial charge in [0.2, 0.25) is 0 Å². The van der Waals surface area contributed by atoms with Crippen LogP contribution in [-0.2, 0) is 6.54 Å². The molecular formula is C14H12INO2S. The molecule has 1 aromatic carbocycles. The summed E-state index contributed by atoms with van der Waals surface area (Å²) in [6.45, 7) is 1.78. The molecule has 0 aliphatic carbocycles. The number of rotatable bonds is 1. The summed E-state index contributed by atoms with van der Waals surface area (Å²) in [4.78, 5) is 14.3. The van der Waals surface area contributed by atoms with Crippen LogP contribution >= 0.6 is 33.9 Å². The van der Waals surface area contributed by atoms with Gasteiger partial charge in [0.15, 0.2) is 0 Å². The highest BCUT2D eigenvalue weighted by Crippen LogP contribution is 2.24. The van der Waals surface area contributed by atoms with Gasteiger partial charge in [-0.3, -0.25) is 4.79 Å². The van der Waals surface area contributed by atoms with Gasteiger partial charge in [0.25, 0.3) is 5.91 Å². The summed E-state index contributed by atoms with van der Waals surface area (Å²) in [5.41, 5.74) is 1.84. The largest absolute Gasteiger partial charge is 0.491 e. The van der Waals surface area contributed by atoms with E-state index in [0.29, 0.717) is 19.7 Å². The monoisotopic (exact) mass is 385 g/mol. The van der Waals surface area contributed by atoms with Crippen LogP contribution in [0.25, 0.3) is 0 Å². The van der Waals surface area contributed by atoms with E-state index in [4.69, 9.17) is 4.74 Å². The van der Waals surface area contributed by atoms with Crippen molar-refractivity contribution in [1.29, 1.82) is 0 Å². The third-order valence-electron chi connectivity index (χ3n) is 3.05. The number of benzene rings is 1. The lowest BCUT2D eigenvalue weighted by molar-refractivity contribution is 0.0734. The summed E-state index contributed by atoms with van der Waals surface area (Å²) in [7, 11) is 0. The summed E-state index contributed by atoms with van der Waals surface area (Å²) in [6.07, 6.45) is 0. The van der Waals surface area contributed by atoms with Crippen molar-refractivity contribution in [1.82, 2.24) is 4.90 Å². The molecule has 2 aromatic rings. The van der Waals surface area contributed by atoms with Crippen LogP contribution in [0.2, 0.25) is 0 Å². The zero-order valence-corrected chi connectivity index (χ0v) is 13.1. The van der Waals surface area contributed by atoms with Gasteiger partial charge in [-0.15, -0.1) is 11.3 Å². The second-order valence-corrected chi connectivity index (χ2v) is 7.13. The van der Waals surface area contributed by atoms with Crippen LogP contribution in [0.15, 0.2) is 35.7 Å². The Morgan fingerprint density at radius 3 is 3.00 bits per heavy atom. The van der Waals surface area contributed by atoms with Gasteiger partial charge in [0, 0.05) is 17.5 Å². The Balaban J connectivity index is 1.84. The highest BCUT2D eigenvalue weighted by molar-refractivity contribution is 14.1. The Morgan fingerprint density at radius 1 is 1.37 bits per heavy atom. The number of halogens is 1. The Labute approximate surface area is 129 Å². The lowest BCUT2D eigenvalue weighted by Crippen LogP contribution is -2.32. The first-order valence-corrected chi connectivity index (χ1v) is 7.94. The molecule has 0 bridgehead atoms. The quantitative estimate of drug-likeness (QED) is 0.705. The fourth-order valence-corrected chi connectivity index (χ4v) is 3.42. The maximum absolute atomic E-state index is 12.4. The van der Waals surface area contributed by atoms with Crippen molar-refractivity contribution in [3.8, 4) is 5.75 Å². The van der Waals surface area contributed by atoms with Gasteiger partial charge in [0.1, 0.15) is 12.4 Å². The number of para-hydroxylation sites is 1. The van der Waals surface area contributed by atoms with Crippen molar-refractivity contribution in [2.75, 3.05) is 13.2 Å². The van der Waals surface area contributed by atoms with E-state index in [1.54, 1.807) is 11.3 Å². The van der Waals surface area contributed by atoms with Crippen LogP contribution in [-0.4, -0.2) is 24.0 Å². The van der Waals surface area contributed by atoms with Crippen LogP contribution < -0.4 is 4.74 Å². The van der Waals surface area contributed by atoms with E-state index in [1.807, 2.05) is 40.6 Å². The fraction of sp³-hybridized carbons (Fsp3) is 0.214. The third kappa shape index (κ3) is 2.76. The topological polar surface area (TPSA) is 29.5 Å². The molecule has 1 aliphatic rings. The molecule has 0 saturated carbocycles. The molecule has 1 aromatic heterocycles. The van der Waals surface area contributed by atoms with Crippen molar-refractivity contribution in [3.63, 3.8) is 0 Å². The molecule has 1 aliphatic heterocycles. The second kappa shape index (κ2) is 5.50. The number of hydrogen-bond donors (Lipinski definition) is 0. The zero-order chi connectivity index (χ0) is 13.2. The van der Waals surface area contributed by atoms with E-state index in [1.165, 1.54) is 0 Å². The van der Waals surface area contributed by atoms with Crippen LogP contribution in [0.1, 0.15) is 15.9 Å². The van der Waals surface area contributed by atoms with Crippen molar-refractivity contribution in [2.45, 2.75) is 6.54 Å². The Bertz CT molecular complexity index is 611. The molecule has 0 atom stereocenters. The molecule has 0 saturated heterocycles. The molecule has 98 valence electrons. The first-order chi connectivity index (χ1) is 9.24. The third-order valence-corrected chi connectivity index (χ3v) is 4.84. The van der Waals surface area contributed by atoms with Gasteiger partial charge in [0.05, 0.1) is 15.0 Å². The minimum Gasteiger partial charge on any atom is -0.491 e. The van der Waals surface area contributed by atoms with Crippen LogP contribution in [0, 0.1) is 2.88 Å². The predicted molar refractivity (Wildman–Crippen MR) is 83.7 cm³/mol. The number of thiophene rings is 1. The number of nitrogens with zero attached hydrogens (tertiary/aromatic N) is 1. The minimum atomic E-state index is 0.0828. The van der Waals surface area contributed by atoms with Crippen LogP contribution in [0.5, 0.6) is 5.75 Å². The maximum atomic E-state index is 12.4. The first kappa shape index (κ1) is 12.9. The highest BCUT2D eigenvalue weighted by Gasteiger charge is 2.21. The molecule has 5 heteroatoms. The van der Waals surface area contributed by atoms with Crippen molar-refractivity contribution >= 4 is 39.8 Å². The van der Waals surface area contributed by atoms with E-state index in [9.17, 15) is 4.79 Å². The number of ether oxygens (including phenoxy) is 1. The van der Waals surface area contributed by atoms with Crippen molar-refractivity contribution in [3.05, 3.63) is 49.7 Å². The minimum absolute atomic E-state index is 0.0828. The molecule has 2 heterocycles. The van der Waals surface area contributed by atoms with E-state index in [-0.39, 0.29) is 5.91 Å². The van der Waals surface area contributed by atoms with E-state index < -0.39 is 0 Å². The second-order valence-electron chi connectivity index (χ2n) is 4.32. The number of amides is 1. The van der Waals surface area contributed by atoms with E-state index in [0.717, 1.165) is 19.8 Å². The summed E-state index contributed by atoms with van der Waals surface area (Å²) >= 11 is 3.83. The molecular weight excluding hydrogens is 373 g/mol. The number of carbonyl (C=O) groups is 1. The van der Waals surface area contributed by atoms with Gasteiger partial charge < -0.3 is 9.64 Å². The van der Waals surface area contributed by atoms with E-state index in [2.05, 4.69) is 22.6 Å². The standard InChI is InChI=1S/C14H12INO2S/c15-13-7-11(9-19-13)14(17)16-5-6-18-12-4-2-1-3-10(12)8-16/h1-4,7,9H,5-6,8H2. The normalized spacial score (nSPS) is 14.5. The van der Waals surface area contributed by atoms with Gasteiger partial charge in [-0.25, -0.2) is 0 Å². The molecule has 0 radical (unpaired) electrons. The average Bonchev–Trinajstić information content (AvgIpc) is 2.74. The molecule has 1 amide bonds. The Hall–Kier alpha value is -1.08. The molecule has 0 fully saturated rings. The Morgan fingerprint density at radius 2 is 2.21 bits per heavy atom. The number of carbonyl (C=O) groups excluding carboxylic acids is 1. The fourth-order valence-electron chi connectivity index (χ4n) is 2.10.